The molecule has 0 aromatic carbocycles. The summed E-state index contributed by atoms with van der Waals surface area (Å²) in [7, 11) is 0. The number of nitrogens with one attached hydrogen (secondary N) is 1. The Labute approximate surface area is 84.7 Å². The van der Waals surface area contributed by atoms with E-state index < -0.39 is 23.0 Å². The first-order chi connectivity index (χ1) is 6.06. The number of hydrogen-bond donors (Lipinski definition) is 1. The minimum absolute atomic E-state index is 0.0309. The van der Waals surface area contributed by atoms with Crippen LogP contribution in [-0.2, 0) is 0 Å². The van der Waals surface area contributed by atoms with Gasteiger partial charge in [-0.15, -0.1) is 0 Å². The zero-order valence-electron chi connectivity index (χ0n) is 6.21. The number of aromatic amines is 1. The van der Waals surface area contributed by atoms with Gasteiger partial charge in [0.1, 0.15) is 0 Å². The van der Waals surface area contributed by atoms with Gasteiger partial charge in [0.2, 0.25) is 11.7 Å². The molecule has 0 unspecified atom stereocenters. The third kappa shape index (κ3) is 2.02. The molecule has 0 aliphatic carbocycles. The summed E-state index contributed by atoms with van der Waals surface area (Å²) in [6.45, 7) is 0. The van der Waals surface area contributed by atoms with Crippen LogP contribution >= 0.6 is 22.6 Å². The molecule has 13 heavy (non-hydrogen) atoms. The monoisotopic (exact) mass is 298 g/mol. The van der Waals surface area contributed by atoms with Crippen LogP contribution in [0.5, 0.6) is 0 Å². The molecule has 0 saturated heterocycles. The highest BCUT2D eigenvalue weighted by Gasteiger charge is 2.08. The molecule has 1 aromatic rings. The Hall–Kier alpha value is -0.990. The van der Waals surface area contributed by atoms with E-state index in [9.17, 15) is 18.8 Å². The highest BCUT2D eigenvalue weighted by molar-refractivity contribution is 14.1. The van der Waals surface area contributed by atoms with Gasteiger partial charge in [0, 0.05) is 0 Å². The minimum atomic E-state index is -1.15. The van der Waals surface area contributed by atoms with Crippen molar-refractivity contribution < 1.29 is 9.18 Å². The molecule has 0 bridgehead atoms. The summed E-state index contributed by atoms with van der Waals surface area (Å²) in [6.07, 6.45) is 0.585. The number of aromatic nitrogens is 2. The van der Waals surface area contributed by atoms with E-state index in [4.69, 9.17) is 0 Å². The lowest BCUT2D eigenvalue weighted by molar-refractivity contribution is 0.0937. The van der Waals surface area contributed by atoms with Crippen LogP contribution in [0, 0.1) is 5.82 Å². The van der Waals surface area contributed by atoms with E-state index in [1.165, 1.54) is 0 Å². The number of H-pyrrole nitrogens is 1. The summed E-state index contributed by atoms with van der Waals surface area (Å²) < 4.78 is 13.2. The van der Waals surface area contributed by atoms with Crippen LogP contribution in [0.25, 0.3) is 0 Å². The van der Waals surface area contributed by atoms with Gasteiger partial charge < -0.3 is 0 Å². The van der Waals surface area contributed by atoms with Gasteiger partial charge in [-0.3, -0.25) is 14.6 Å². The number of rotatable bonds is 1. The molecule has 0 amide bonds. The van der Waals surface area contributed by atoms with E-state index in [1.54, 1.807) is 27.6 Å². The standard InChI is InChI=1S/C6H4FIN2O3/c7-3-2-10(4(11)1-8)6(13)9-5(3)12/h2H,1H2,(H,9,12,13). The van der Waals surface area contributed by atoms with Gasteiger partial charge in [-0.05, 0) is 0 Å². The third-order valence-corrected chi connectivity index (χ3v) is 1.93. The highest BCUT2D eigenvalue weighted by atomic mass is 127. The number of alkyl halides is 1. The van der Waals surface area contributed by atoms with Gasteiger partial charge in [-0.25, -0.2) is 9.36 Å². The fourth-order valence-corrected chi connectivity index (χ4v) is 1.06. The molecular weight excluding hydrogens is 294 g/mol. The average molecular weight is 298 g/mol. The summed E-state index contributed by atoms with van der Waals surface area (Å²) in [5, 5.41) is 0. The topological polar surface area (TPSA) is 71.9 Å². The number of nitrogens with zero attached hydrogens (tertiary/aromatic N) is 1. The van der Waals surface area contributed by atoms with Crippen molar-refractivity contribution in [3.05, 3.63) is 32.9 Å². The second-order valence-electron chi connectivity index (χ2n) is 2.13. The van der Waals surface area contributed by atoms with E-state index in [0.717, 1.165) is 0 Å². The number of carbonyl (C=O) groups is 1. The van der Waals surface area contributed by atoms with Crippen LogP contribution in [0.4, 0.5) is 4.39 Å². The van der Waals surface area contributed by atoms with Gasteiger partial charge in [0.05, 0.1) is 10.6 Å². The molecule has 0 aliphatic heterocycles. The van der Waals surface area contributed by atoms with Crippen molar-refractivity contribution >= 4 is 28.5 Å². The predicted molar refractivity (Wildman–Crippen MR) is 50.8 cm³/mol. The maximum absolute atomic E-state index is 12.6. The SMILES string of the molecule is O=C(CI)n1cc(F)c(=O)[nH]c1=O. The van der Waals surface area contributed by atoms with Crippen LogP contribution in [-0.4, -0.2) is 19.9 Å². The molecule has 1 N–H and O–H groups in total. The lowest BCUT2D eigenvalue weighted by Crippen LogP contribution is -2.35. The summed E-state index contributed by atoms with van der Waals surface area (Å²) in [5.41, 5.74) is -2.05. The fourth-order valence-electron chi connectivity index (χ4n) is 0.697. The van der Waals surface area contributed by atoms with Crippen molar-refractivity contribution in [1.82, 2.24) is 9.55 Å². The molecule has 1 aromatic heterocycles. The molecule has 0 saturated carbocycles. The molecule has 1 heterocycles. The Morgan fingerprint density at radius 3 is 2.77 bits per heavy atom. The van der Waals surface area contributed by atoms with Crippen LogP contribution in [0.2, 0.25) is 0 Å². The summed E-state index contributed by atoms with van der Waals surface area (Å²) >= 11 is 1.73. The van der Waals surface area contributed by atoms with Crippen LogP contribution in [0.1, 0.15) is 4.79 Å². The first-order valence-corrected chi connectivity index (χ1v) is 4.69. The predicted octanol–water partition coefficient (Wildman–Crippen LogP) is -0.249. The zero-order valence-corrected chi connectivity index (χ0v) is 8.37. The molecule has 0 fully saturated rings. The largest absolute Gasteiger partial charge is 0.335 e. The van der Waals surface area contributed by atoms with Crippen molar-refractivity contribution in [2.45, 2.75) is 0 Å². The van der Waals surface area contributed by atoms with Gasteiger partial charge in [-0.2, -0.15) is 4.39 Å². The Bertz CT molecular complexity index is 450. The second-order valence-corrected chi connectivity index (χ2v) is 2.90. The van der Waals surface area contributed by atoms with Crippen molar-refractivity contribution in [1.29, 1.82) is 0 Å². The summed E-state index contributed by atoms with van der Waals surface area (Å²) in [6, 6.07) is 0. The van der Waals surface area contributed by atoms with Crippen molar-refractivity contribution in [2.75, 3.05) is 4.43 Å². The quantitative estimate of drug-likeness (QED) is 0.574. The van der Waals surface area contributed by atoms with Gasteiger partial charge >= 0.3 is 5.69 Å². The van der Waals surface area contributed by atoms with E-state index in [0.29, 0.717) is 10.8 Å². The lowest BCUT2D eigenvalue weighted by Gasteiger charge is -1.98. The zero-order chi connectivity index (χ0) is 10.0. The summed E-state index contributed by atoms with van der Waals surface area (Å²) in [5.74, 6) is -1.74. The average Bonchev–Trinajstić information content (AvgIpc) is 2.10. The lowest BCUT2D eigenvalue weighted by atomic mass is 10.5. The Morgan fingerprint density at radius 2 is 2.23 bits per heavy atom. The van der Waals surface area contributed by atoms with Crippen molar-refractivity contribution in [3.8, 4) is 0 Å². The van der Waals surface area contributed by atoms with Crippen molar-refractivity contribution in [2.24, 2.45) is 0 Å². The highest BCUT2D eigenvalue weighted by Crippen LogP contribution is 1.88. The molecule has 0 radical (unpaired) electrons. The molecule has 0 spiro atoms. The molecular formula is C6H4FIN2O3. The molecule has 0 atom stereocenters. The maximum Gasteiger partial charge on any atom is 0.335 e. The van der Waals surface area contributed by atoms with E-state index in [-0.39, 0.29) is 4.43 Å². The van der Waals surface area contributed by atoms with Crippen LogP contribution in [0.3, 0.4) is 0 Å². The first kappa shape index (κ1) is 10.1. The van der Waals surface area contributed by atoms with E-state index in [2.05, 4.69) is 0 Å². The molecule has 5 nitrogen and oxygen atoms in total. The second kappa shape index (κ2) is 3.81. The molecule has 70 valence electrons. The maximum atomic E-state index is 12.6. The first-order valence-electron chi connectivity index (χ1n) is 3.17. The Balaban J connectivity index is 3.41. The Kier molecular flexibility index (Phi) is 2.96. The molecule has 0 aliphatic rings. The normalized spacial score (nSPS) is 10.0. The smallest absolute Gasteiger partial charge is 0.273 e. The molecule has 7 heteroatoms. The third-order valence-electron chi connectivity index (χ3n) is 1.28. The number of hydrogen-bond acceptors (Lipinski definition) is 3. The van der Waals surface area contributed by atoms with E-state index >= 15 is 0 Å². The van der Waals surface area contributed by atoms with Crippen LogP contribution < -0.4 is 11.2 Å². The van der Waals surface area contributed by atoms with E-state index in [1.807, 2.05) is 0 Å². The fraction of sp³-hybridized carbons (Fsp3) is 0.167. The summed E-state index contributed by atoms with van der Waals surface area (Å²) in [4.78, 5) is 34.1. The molecule has 1 rings (SSSR count). The number of halogens is 2. The Morgan fingerprint density at radius 1 is 1.62 bits per heavy atom. The van der Waals surface area contributed by atoms with Gasteiger partial charge in [0.25, 0.3) is 5.56 Å². The van der Waals surface area contributed by atoms with Crippen LogP contribution in [0.15, 0.2) is 15.8 Å². The van der Waals surface area contributed by atoms with Gasteiger partial charge in [0.15, 0.2) is 0 Å². The number of carbonyl (C=O) groups excluding carboxylic acids is 1. The minimum Gasteiger partial charge on any atom is -0.273 e. The van der Waals surface area contributed by atoms with Crippen molar-refractivity contribution in [3.63, 3.8) is 0 Å². The van der Waals surface area contributed by atoms with Gasteiger partial charge in [-0.1, -0.05) is 22.6 Å².